The van der Waals surface area contributed by atoms with E-state index in [0.717, 1.165) is 23.0 Å². The Hall–Kier alpha value is -0.410. The number of aromatic nitrogens is 1. The molecule has 0 N–H and O–H groups in total. The van der Waals surface area contributed by atoms with Gasteiger partial charge in [0.1, 0.15) is 0 Å². The van der Waals surface area contributed by atoms with E-state index in [9.17, 15) is 0 Å². The van der Waals surface area contributed by atoms with Gasteiger partial charge in [0.15, 0.2) is 0 Å². The molecule has 3 heteroatoms. The third kappa shape index (κ3) is 3.29. The van der Waals surface area contributed by atoms with E-state index >= 15 is 0 Å². The standard InChI is InChI=1S/C13H19BrN2/c1-10-4-3-5-13(15-10)9-16(2)8-11-6-12(14)7-11/h3-5,11-12H,6-9H2,1-2H3. The molecule has 0 amide bonds. The first-order valence-electron chi connectivity index (χ1n) is 5.88. The largest absolute Gasteiger partial charge is 0.300 e. The maximum atomic E-state index is 4.53. The summed E-state index contributed by atoms with van der Waals surface area (Å²) < 4.78 is 0. The van der Waals surface area contributed by atoms with Crippen molar-refractivity contribution in [3.63, 3.8) is 0 Å². The molecular weight excluding hydrogens is 264 g/mol. The number of nitrogens with zero attached hydrogens (tertiary/aromatic N) is 2. The Balaban J connectivity index is 1.80. The summed E-state index contributed by atoms with van der Waals surface area (Å²) in [6.45, 7) is 4.20. The van der Waals surface area contributed by atoms with E-state index in [-0.39, 0.29) is 0 Å². The maximum Gasteiger partial charge on any atom is 0.0547 e. The Morgan fingerprint density at radius 3 is 2.81 bits per heavy atom. The molecule has 1 heterocycles. The van der Waals surface area contributed by atoms with Crippen LogP contribution < -0.4 is 0 Å². The van der Waals surface area contributed by atoms with Crippen LogP contribution in [-0.2, 0) is 6.54 Å². The second-order valence-corrected chi connectivity index (χ2v) is 6.20. The van der Waals surface area contributed by atoms with Crippen LogP contribution in [0.25, 0.3) is 0 Å². The number of halogens is 1. The van der Waals surface area contributed by atoms with E-state index in [1.54, 1.807) is 0 Å². The van der Waals surface area contributed by atoms with Crippen LogP contribution in [0.3, 0.4) is 0 Å². The molecule has 0 saturated heterocycles. The molecule has 1 aromatic rings. The lowest BCUT2D eigenvalue weighted by Gasteiger charge is -2.34. The minimum atomic E-state index is 0.767. The van der Waals surface area contributed by atoms with E-state index in [2.05, 4.69) is 45.0 Å². The average molecular weight is 283 g/mol. The van der Waals surface area contributed by atoms with Gasteiger partial charge in [-0.05, 0) is 44.9 Å². The lowest BCUT2D eigenvalue weighted by Crippen LogP contribution is -2.34. The lowest BCUT2D eigenvalue weighted by molar-refractivity contribution is 0.206. The van der Waals surface area contributed by atoms with Crippen molar-refractivity contribution >= 4 is 15.9 Å². The van der Waals surface area contributed by atoms with Crippen molar-refractivity contribution in [3.05, 3.63) is 29.6 Å². The number of alkyl halides is 1. The van der Waals surface area contributed by atoms with Gasteiger partial charge in [-0.3, -0.25) is 4.98 Å². The van der Waals surface area contributed by atoms with Crippen LogP contribution in [0, 0.1) is 12.8 Å². The van der Waals surface area contributed by atoms with Crippen molar-refractivity contribution in [2.45, 2.75) is 31.1 Å². The first kappa shape index (κ1) is 12.1. The van der Waals surface area contributed by atoms with Crippen LogP contribution in [0.5, 0.6) is 0 Å². The van der Waals surface area contributed by atoms with Crippen molar-refractivity contribution in [3.8, 4) is 0 Å². The lowest BCUT2D eigenvalue weighted by atomic mass is 9.85. The minimum Gasteiger partial charge on any atom is -0.300 e. The monoisotopic (exact) mass is 282 g/mol. The second kappa shape index (κ2) is 5.28. The summed E-state index contributed by atoms with van der Waals surface area (Å²) >= 11 is 3.64. The molecule has 0 unspecified atom stereocenters. The van der Waals surface area contributed by atoms with E-state index < -0.39 is 0 Å². The fourth-order valence-electron chi connectivity index (χ4n) is 2.27. The van der Waals surface area contributed by atoms with Gasteiger partial charge in [-0.1, -0.05) is 22.0 Å². The molecule has 1 aliphatic rings. The fraction of sp³-hybridized carbons (Fsp3) is 0.615. The molecule has 0 atom stereocenters. The van der Waals surface area contributed by atoms with Gasteiger partial charge in [0.05, 0.1) is 5.69 Å². The quantitative estimate of drug-likeness (QED) is 0.790. The predicted octanol–water partition coefficient (Wildman–Crippen LogP) is 3.00. The number of hydrogen-bond acceptors (Lipinski definition) is 2. The highest BCUT2D eigenvalue weighted by Crippen LogP contribution is 2.33. The van der Waals surface area contributed by atoms with Gasteiger partial charge in [-0.25, -0.2) is 0 Å². The zero-order chi connectivity index (χ0) is 11.5. The molecule has 0 spiro atoms. The summed E-state index contributed by atoms with van der Waals surface area (Å²) in [7, 11) is 2.19. The second-order valence-electron chi connectivity index (χ2n) is 4.90. The molecule has 2 nitrogen and oxygen atoms in total. The van der Waals surface area contributed by atoms with Gasteiger partial charge in [0, 0.05) is 23.6 Å². The highest BCUT2D eigenvalue weighted by molar-refractivity contribution is 9.09. The van der Waals surface area contributed by atoms with E-state index in [1.807, 2.05) is 13.0 Å². The van der Waals surface area contributed by atoms with Gasteiger partial charge in [0.25, 0.3) is 0 Å². The van der Waals surface area contributed by atoms with E-state index in [4.69, 9.17) is 0 Å². The molecule has 1 saturated carbocycles. The predicted molar refractivity (Wildman–Crippen MR) is 70.7 cm³/mol. The molecule has 0 radical (unpaired) electrons. The molecule has 16 heavy (non-hydrogen) atoms. The van der Waals surface area contributed by atoms with Crippen LogP contribution in [0.2, 0.25) is 0 Å². The molecule has 1 fully saturated rings. The zero-order valence-electron chi connectivity index (χ0n) is 9.99. The fourth-order valence-corrected chi connectivity index (χ4v) is 3.33. The summed E-state index contributed by atoms with van der Waals surface area (Å²) in [6, 6.07) is 6.24. The molecule has 88 valence electrons. The van der Waals surface area contributed by atoms with Crippen LogP contribution in [-0.4, -0.2) is 28.3 Å². The molecule has 0 bridgehead atoms. The molecule has 2 rings (SSSR count). The molecule has 0 aromatic carbocycles. The molecule has 1 aliphatic carbocycles. The first-order chi connectivity index (χ1) is 7.63. The number of aryl methyl sites for hydroxylation is 1. The van der Waals surface area contributed by atoms with Crippen molar-refractivity contribution < 1.29 is 0 Å². The minimum absolute atomic E-state index is 0.767. The highest BCUT2D eigenvalue weighted by atomic mass is 79.9. The number of hydrogen-bond donors (Lipinski definition) is 0. The van der Waals surface area contributed by atoms with Crippen LogP contribution in [0.4, 0.5) is 0 Å². The zero-order valence-corrected chi connectivity index (χ0v) is 11.6. The Kier molecular flexibility index (Phi) is 3.98. The number of pyridine rings is 1. The summed E-state index contributed by atoms with van der Waals surface area (Å²) in [6.07, 6.45) is 2.65. The molecular formula is C13H19BrN2. The third-order valence-electron chi connectivity index (χ3n) is 3.13. The average Bonchev–Trinajstić information content (AvgIpc) is 2.15. The topological polar surface area (TPSA) is 16.1 Å². The Morgan fingerprint density at radius 1 is 1.44 bits per heavy atom. The molecule has 0 aliphatic heterocycles. The smallest absolute Gasteiger partial charge is 0.0547 e. The third-order valence-corrected chi connectivity index (χ3v) is 3.87. The van der Waals surface area contributed by atoms with Gasteiger partial charge < -0.3 is 4.90 Å². The Labute approximate surface area is 106 Å². The Bertz CT molecular complexity index is 348. The van der Waals surface area contributed by atoms with Gasteiger partial charge >= 0.3 is 0 Å². The van der Waals surface area contributed by atoms with Gasteiger partial charge in [-0.2, -0.15) is 0 Å². The van der Waals surface area contributed by atoms with Crippen LogP contribution in [0.15, 0.2) is 18.2 Å². The van der Waals surface area contributed by atoms with E-state index in [1.165, 1.54) is 25.1 Å². The van der Waals surface area contributed by atoms with E-state index in [0.29, 0.717) is 0 Å². The van der Waals surface area contributed by atoms with Gasteiger partial charge in [0.2, 0.25) is 0 Å². The van der Waals surface area contributed by atoms with Crippen LogP contribution in [0.1, 0.15) is 24.2 Å². The van der Waals surface area contributed by atoms with Crippen molar-refractivity contribution in [2.24, 2.45) is 5.92 Å². The molecule has 1 aromatic heterocycles. The Morgan fingerprint density at radius 2 is 2.19 bits per heavy atom. The van der Waals surface area contributed by atoms with Crippen molar-refractivity contribution in [1.29, 1.82) is 0 Å². The van der Waals surface area contributed by atoms with Crippen molar-refractivity contribution in [2.75, 3.05) is 13.6 Å². The summed E-state index contributed by atoms with van der Waals surface area (Å²) in [5.74, 6) is 0.874. The SMILES string of the molecule is Cc1cccc(CN(C)CC2CC(Br)C2)n1. The highest BCUT2D eigenvalue weighted by Gasteiger charge is 2.27. The summed E-state index contributed by atoms with van der Waals surface area (Å²) in [5.41, 5.74) is 2.28. The summed E-state index contributed by atoms with van der Waals surface area (Å²) in [5, 5.41) is 0. The van der Waals surface area contributed by atoms with Crippen LogP contribution >= 0.6 is 15.9 Å². The first-order valence-corrected chi connectivity index (χ1v) is 6.80. The normalized spacial score (nSPS) is 24.5. The number of rotatable bonds is 4. The maximum absolute atomic E-state index is 4.53. The van der Waals surface area contributed by atoms with Crippen molar-refractivity contribution in [1.82, 2.24) is 9.88 Å². The van der Waals surface area contributed by atoms with Gasteiger partial charge in [-0.15, -0.1) is 0 Å². The summed E-state index contributed by atoms with van der Waals surface area (Å²) in [4.78, 5) is 7.68.